The first-order valence-corrected chi connectivity index (χ1v) is 14.3. The molecule has 2 aliphatic rings. The molecule has 0 N–H and O–H groups in total. The van der Waals surface area contributed by atoms with Crippen molar-refractivity contribution in [1.29, 1.82) is 0 Å². The Morgan fingerprint density at radius 2 is 1.71 bits per heavy atom. The number of amides is 2. The Kier molecular flexibility index (Phi) is 9.25. The summed E-state index contributed by atoms with van der Waals surface area (Å²) in [4.78, 5) is 52.3. The molecule has 2 amide bonds. The molecule has 0 spiro atoms. The second-order valence-corrected chi connectivity index (χ2v) is 10.8. The molecule has 2 fully saturated rings. The number of hydrogen-bond acceptors (Lipinski definition) is 8. The van der Waals surface area contributed by atoms with E-state index in [1.165, 1.54) is 0 Å². The average Bonchev–Trinajstić information content (AvgIpc) is 2.93. The highest BCUT2D eigenvalue weighted by atomic mass is 32.2. The zero-order valence-electron chi connectivity index (χ0n) is 22.7. The molecule has 0 aliphatic carbocycles. The van der Waals surface area contributed by atoms with Gasteiger partial charge in [0.15, 0.2) is 5.16 Å². The molecule has 10 heteroatoms. The second-order valence-electron chi connectivity index (χ2n) is 9.86. The van der Waals surface area contributed by atoms with Gasteiger partial charge in [-0.05, 0) is 51.3 Å². The maximum atomic E-state index is 13.1. The fourth-order valence-corrected chi connectivity index (χ4v) is 5.72. The normalized spacial score (nSPS) is 17.9. The van der Waals surface area contributed by atoms with E-state index in [0.717, 1.165) is 53.7 Å². The van der Waals surface area contributed by atoms with Gasteiger partial charge in [-0.15, -0.1) is 0 Å². The summed E-state index contributed by atoms with van der Waals surface area (Å²) in [5.74, 6) is 1.22. The van der Waals surface area contributed by atoms with Gasteiger partial charge in [0, 0.05) is 68.8 Å². The highest BCUT2D eigenvalue weighted by Crippen LogP contribution is 2.27. The van der Waals surface area contributed by atoms with Gasteiger partial charge in [-0.25, -0.2) is 9.97 Å². The van der Waals surface area contributed by atoms with E-state index in [0.29, 0.717) is 44.1 Å². The molecule has 0 bridgehead atoms. The standard InChI is InChI=1S/C28H37N5O4S/c1-5-37-27(36)24-7-6-12-33(17-24)26(35)23-10-8-22(9-11-23)18-38-28-29-20(3)19(2)25(30-28)32-15-13-31(14-16-32)21(4)34/h8-11,24H,5-7,12-18H2,1-4H3/t24-/m1/s1. The summed E-state index contributed by atoms with van der Waals surface area (Å²) in [6, 6.07) is 7.65. The Morgan fingerprint density at radius 3 is 2.37 bits per heavy atom. The van der Waals surface area contributed by atoms with E-state index in [9.17, 15) is 14.4 Å². The number of likely N-dealkylation sites (tertiary alicyclic amines) is 1. The molecule has 0 saturated carbocycles. The van der Waals surface area contributed by atoms with Crippen molar-refractivity contribution in [1.82, 2.24) is 19.8 Å². The second kappa shape index (κ2) is 12.6. The van der Waals surface area contributed by atoms with Crippen molar-refractivity contribution in [3.8, 4) is 0 Å². The zero-order valence-corrected chi connectivity index (χ0v) is 23.6. The van der Waals surface area contributed by atoms with Gasteiger partial charge in [0.2, 0.25) is 5.91 Å². The summed E-state index contributed by atoms with van der Waals surface area (Å²) >= 11 is 1.57. The van der Waals surface area contributed by atoms with Crippen LogP contribution in [0, 0.1) is 19.8 Å². The predicted molar refractivity (Wildman–Crippen MR) is 147 cm³/mol. The lowest BCUT2D eigenvalue weighted by molar-refractivity contribution is -0.149. The molecular formula is C28H37N5O4S. The highest BCUT2D eigenvalue weighted by Gasteiger charge is 2.30. The van der Waals surface area contributed by atoms with Crippen LogP contribution in [0.5, 0.6) is 0 Å². The van der Waals surface area contributed by atoms with Crippen LogP contribution in [0.4, 0.5) is 5.82 Å². The molecule has 0 radical (unpaired) electrons. The van der Waals surface area contributed by atoms with E-state index in [-0.39, 0.29) is 23.7 Å². The lowest BCUT2D eigenvalue weighted by Crippen LogP contribution is -2.48. The van der Waals surface area contributed by atoms with Crippen LogP contribution in [-0.4, -0.2) is 83.4 Å². The highest BCUT2D eigenvalue weighted by molar-refractivity contribution is 7.98. The fraction of sp³-hybridized carbons (Fsp3) is 0.536. The van der Waals surface area contributed by atoms with Crippen molar-refractivity contribution in [2.24, 2.45) is 5.92 Å². The number of rotatable bonds is 7. The minimum atomic E-state index is -0.246. The molecule has 2 aliphatic heterocycles. The molecule has 2 aromatic rings. The average molecular weight is 540 g/mol. The number of carbonyl (C=O) groups is 3. The van der Waals surface area contributed by atoms with Gasteiger partial charge >= 0.3 is 5.97 Å². The van der Waals surface area contributed by atoms with E-state index < -0.39 is 0 Å². The van der Waals surface area contributed by atoms with Crippen LogP contribution in [0.15, 0.2) is 29.4 Å². The number of anilines is 1. The Balaban J connectivity index is 1.36. The van der Waals surface area contributed by atoms with Crippen molar-refractivity contribution in [2.45, 2.75) is 51.4 Å². The van der Waals surface area contributed by atoms with Crippen LogP contribution >= 0.6 is 11.8 Å². The van der Waals surface area contributed by atoms with Crippen molar-refractivity contribution in [3.05, 3.63) is 46.6 Å². The van der Waals surface area contributed by atoms with Crippen molar-refractivity contribution in [3.63, 3.8) is 0 Å². The van der Waals surface area contributed by atoms with Crippen LogP contribution in [0.2, 0.25) is 0 Å². The summed E-state index contributed by atoms with van der Waals surface area (Å²) in [6.07, 6.45) is 1.56. The van der Waals surface area contributed by atoms with Gasteiger partial charge in [-0.3, -0.25) is 14.4 Å². The van der Waals surface area contributed by atoms with Gasteiger partial charge in [0.05, 0.1) is 12.5 Å². The molecule has 38 heavy (non-hydrogen) atoms. The molecule has 1 aromatic carbocycles. The van der Waals surface area contributed by atoms with E-state index in [2.05, 4.69) is 9.88 Å². The zero-order chi connectivity index (χ0) is 27.2. The lowest BCUT2D eigenvalue weighted by atomic mass is 9.97. The van der Waals surface area contributed by atoms with E-state index >= 15 is 0 Å². The third-order valence-corrected chi connectivity index (χ3v) is 8.18. The number of benzene rings is 1. The van der Waals surface area contributed by atoms with Gasteiger partial charge in [-0.1, -0.05) is 23.9 Å². The first-order chi connectivity index (χ1) is 18.3. The van der Waals surface area contributed by atoms with Gasteiger partial charge in [-0.2, -0.15) is 0 Å². The number of aryl methyl sites for hydroxylation is 1. The van der Waals surface area contributed by atoms with E-state index in [1.54, 1.807) is 30.5 Å². The van der Waals surface area contributed by atoms with Crippen LogP contribution < -0.4 is 4.90 Å². The summed E-state index contributed by atoms with van der Waals surface area (Å²) in [7, 11) is 0. The first-order valence-electron chi connectivity index (χ1n) is 13.3. The van der Waals surface area contributed by atoms with Crippen molar-refractivity contribution < 1.29 is 19.1 Å². The maximum absolute atomic E-state index is 13.1. The van der Waals surface area contributed by atoms with Crippen molar-refractivity contribution in [2.75, 3.05) is 50.8 Å². The van der Waals surface area contributed by atoms with Crippen LogP contribution in [0.3, 0.4) is 0 Å². The molecule has 4 rings (SSSR count). The van der Waals surface area contributed by atoms with Gasteiger partial charge in [0.1, 0.15) is 5.82 Å². The molecule has 3 heterocycles. The largest absolute Gasteiger partial charge is 0.466 e. The summed E-state index contributed by atoms with van der Waals surface area (Å²) in [5.41, 5.74) is 3.72. The SMILES string of the molecule is CCOC(=O)[C@@H]1CCCN(C(=O)c2ccc(CSc3nc(C)c(C)c(N4CCN(C(C)=O)CC4)n3)cc2)C1. The molecule has 2 saturated heterocycles. The number of piperazine rings is 1. The minimum Gasteiger partial charge on any atom is -0.466 e. The maximum Gasteiger partial charge on any atom is 0.310 e. The predicted octanol–water partition coefficient (Wildman–Crippen LogP) is 3.47. The fourth-order valence-electron chi connectivity index (χ4n) is 4.88. The Bertz CT molecular complexity index is 1160. The monoisotopic (exact) mass is 539 g/mol. The van der Waals surface area contributed by atoms with E-state index in [4.69, 9.17) is 9.72 Å². The number of carbonyl (C=O) groups excluding carboxylic acids is 3. The quantitative estimate of drug-likeness (QED) is 0.300. The topological polar surface area (TPSA) is 95.9 Å². The molecule has 1 aromatic heterocycles. The number of thioether (sulfide) groups is 1. The summed E-state index contributed by atoms with van der Waals surface area (Å²) in [6.45, 7) is 11.8. The number of ether oxygens (including phenoxy) is 1. The van der Waals surface area contributed by atoms with Crippen molar-refractivity contribution >= 4 is 35.4 Å². The number of nitrogens with zero attached hydrogens (tertiary/aromatic N) is 5. The molecule has 0 unspecified atom stereocenters. The summed E-state index contributed by atoms with van der Waals surface area (Å²) in [5, 5.41) is 0.718. The Labute approximate surface area is 228 Å². The van der Waals surface area contributed by atoms with Gasteiger partial charge < -0.3 is 19.4 Å². The minimum absolute atomic E-state index is 0.0507. The number of esters is 1. The number of piperidine rings is 1. The van der Waals surface area contributed by atoms with Gasteiger partial charge in [0.25, 0.3) is 5.91 Å². The Hall–Kier alpha value is -3.14. The third kappa shape index (κ3) is 6.64. The Morgan fingerprint density at radius 1 is 1.00 bits per heavy atom. The summed E-state index contributed by atoms with van der Waals surface area (Å²) < 4.78 is 5.16. The number of aromatic nitrogens is 2. The number of hydrogen-bond donors (Lipinski definition) is 0. The molecule has 204 valence electrons. The van der Waals surface area contributed by atoms with Crippen LogP contribution in [-0.2, 0) is 20.1 Å². The smallest absolute Gasteiger partial charge is 0.310 e. The van der Waals surface area contributed by atoms with Crippen LogP contribution in [0.1, 0.15) is 53.9 Å². The molecule has 1 atom stereocenters. The van der Waals surface area contributed by atoms with Crippen LogP contribution in [0.25, 0.3) is 0 Å². The first kappa shape index (κ1) is 27.9. The lowest BCUT2D eigenvalue weighted by Gasteiger charge is -2.35. The third-order valence-electron chi connectivity index (χ3n) is 7.26. The van der Waals surface area contributed by atoms with E-state index in [1.807, 2.05) is 43.0 Å². The molecule has 9 nitrogen and oxygen atoms in total. The molecular weight excluding hydrogens is 502 g/mol.